The number of aliphatic hydroxyl groups is 3. The maximum atomic E-state index is 10.1. The third-order valence-electron chi connectivity index (χ3n) is 19.5. The summed E-state index contributed by atoms with van der Waals surface area (Å²) < 4.78 is 29.7. The molecule has 0 aromatic carbocycles. The van der Waals surface area contributed by atoms with E-state index in [0.29, 0.717) is 62.0 Å². The lowest BCUT2D eigenvalue weighted by Gasteiger charge is -2.26. The molecule has 0 amide bonds. The molecule has 14 rings (SSSR count). The summed E-state index contributed by atoms with van der Waals surface area (Å²) in [6.07, 6.45) is 29.3. The number of fused-ring (bicyclic) bond motifs is 3. The maximum Gasteiger partial charge on any atom is 0.241 e. The van der Waals surface area contributed by atoms with Crippen LogP contribution in [0.5, 0.6) is 0 Å². The van der Waals surface area contributed by atoms with Crippen LogP contribution in [-0.2, 0) is 32.0 Å². The van der Waals surface area contributed by atoms with Crippen LogP contribution in [-0.4, -0.2) is 192 Å². The van der Waals surface area contributed by atoms with Gasteiger partial charge in [0, 0.05) is 158 Å². The van der Waals surface area contributed by atoms with E-state index >= 15 is 0 Å². The Kier molecular flexibility index (Phi) is 24.2. The van der Waals surface area contributed by atoms with Gasteiger partial charge in [-0.3, -0.25) is 24.5 Å². The van der Waals surface area contributed by atoms with E-state index in [-0.39, 0.29) is 42.5 Å². The van der Waals surface area contributed by atoms with Gasteiger partial charge >= 0.3 is 0 Å². The van der Waals surface area contributed by atoms with Gasteiger partial charge in [-0.1, -0.05) is 6.07 Å². The highest BCUT2D eigenvalue weighted by atomic mass is 16.5. The summed E-state index contributed by atoms with van der Waals surface area (Å²) in [5.74, 6) is 2.82. The number of rotatable bonds is 23. The summed E-state index contributed by atoms with van der Waals surface area (Å²) >= 11 is 0. The molecule has 10 aromatic rings. The van der Waals surface area contributed by atoms with Crippen molar-refractivity contribution >= 4 is 34.4 Å². The molecule has 3 atom stereocenters. The Labute approximate surface area is 585 Å². The fraction of sp³-hybridized carbons (Fsp3) is 0.520. The fourth-order valence-electron chi connectivity index (χ4n) is 14.3. The molecule has 3 aliphatic carbocycles. The van der Waals surface area contributed by atoms with Crippen molar-refractivity contribution in [3.63, 3.8) is 0 Å². The number of anilines is 3. The topological polar surface area (TPSA) is 284 Å². The van der Waals surface area contributed by atoms with Gasteiger partial charge in [0.05, 0.1) is 105 Å². The van der Waals surface area contributed by atoms with Gasteiger partial charge in [-0.05, 0) is 178 Å². The highest BCUT2D eigenvalue weighted by molar-refractivity contribution is 5.83. The lowest BCUT2D eigenvalue weighted by molar-refractivity contribution is 0.0341. The van der Waals surface area contributed by atoms with E-state index in [1.165, 1.54) is 17.0 Å². The van der Waals surface area contributed by atoms with E-state index in [4.69, 9.17) is 34.2 Å². The molecule has 532 valence electrons. The minimum absolute atomic E-state index is 0.0940. The first-order valence-corrected chi connectivity index (χ1v) is 35.8. The number of methoxy groups -OCH3 is 2. The van der Waals surface area contributed by atoms with E-state index in [0.717, 1.165) is 177 Å². The smallest absolute Gasteiger partial charge is 0.241 e. The Morgan fingerprint density at radius 1 is 0.500 bits per heavy atom. The standard InChI is InChI=1S/C26H36N6O3.C25H31N7O2.C24H33N5O2/c1-18(17-34-2)29-26-28-15-25-23(12-24(32(25)30-26)20-3-5-22(33)6-4-20)21-11-19(13-27-14-21)16-31-7-9-35-10-8-31;1-17(16-34-2)29-25-27-13-24-22(10-23(32(24)30-25)19-5-7-21(33)8-6-19)20-12-28-31(15-20)14-18-4-3-9-26-11-18;1-15(2)31-14-17(4)27-24-26-13-23-21(19-9-10-25-16(3)11-19)12-22(29(23)28-24)18-5-7-20(30)8-6-18/h11-15,18,20,22,33H,3-10,16-17H2,1-2H3,(H,29,30);3-4,9-13,15,17,19,21,33H,5-8,14,16H2,1-2H3,(H,29,30);9-13,15,17-18,20,30H,5-8,14H2,1-4H3,(H,27,28)/t18-,20?,22?;17-,19?,21?;17-,18?,20?/m000/s1. The van der Waals surface area contributed by atoms with Crippen LogP contribution in [0.1, 0.15) is 163 Å². The second-order valence-corrected chi connectivity index (χ2v) is 28.0. The van der Waals surface area contributed by atoms with E-state index in [9.17, 15) is 15.3 Å². The molecule has 25 nitrogen and oxygen atoms in total. The lowest BCUT2D eigenvalue weighted by atomic mass is 9.85. The van der Waals surface area contributed by atoms with E-state index in [2.05, 4.69) is 99.3 Å². The van der Waals surface area contributed by atoms with Crippen molar-refractivity contribution in [2.24, 2.45) is 0 Å². The number of pyridine rings is 3. The molecule has 4 aliphatic rings. The van der Waals surface area contributed by atoms with E-state index in [1.54, 1.807) is 20.4 Å². The molecule has 4 fully saturated rings. The zero-order valence-corrected chi connectivity index (χ0v) is 59.2. The zero-order chi connectivity index (χ0) is 69.7. The quantitative estimate of drug-likeness (QED) is 0.0347. The minimum Gasteiger partial charge on any atom is -0.393 e. The summed E-state index contributed by atoms with van der Waals surface area (Å²) in [4.78, 5) is 29.3. The molecular formula is C75H100N18O7. The molecular weight excluding hydrogens is 1260 g/mol. The Balaban J connectivity index is 0.000000142. The Morgan fingerprint density at radius 2 is 0.980 bits per heavy atom. The third-order valence-corrected chi connectivity index (χ3v) is 19.5. The summed E-state index contributed by atoms with van der Waals surface area (Å²) in [7, 11) is 3.38. The SMILES string of the molecule is COC[C@H](C)Nc1ncc2c(-c3cncc(CN4CCOCC4)c3)cc(C3CCC(O)CC3)n2n1.COC[C@H](C)Nc1ncc2c(-c3cnn(Cc4cccnc4)c3)cc(C3CCC(O)CC3)n2n1.Cc1cc(-c2cc(C3CCC(O)CC3)n3nc(N[C@@H](C)COC(C)C)ncc23)ccn1. The van der Waals surface area contributed by atoms with Gasteiger partial charge < -0.3 is 50.2 Å². The van der Waals surface area contributed by atoms with Crippen molar-refractivity contribution in [1.82, 2.24) is 73.4 Å². The molecule has 0 spiro atoms. The molecule has 11 heterocycles. The van der Waals surface area contributed by atoms with Gasteiger partial charge in [0.2, 0.25) is 17.8 Å². The summed E-state index contributed by atoms with van der Waals surface area (Å²) in [5, 5.41) is 59.3. The summed E-state index contributed by atoms with van der Waals surface area (Å²) in [6, 6.07) is 17.4. The predicted octanol–water partition coefficient (Wildman–Crippen LogP) is 10.9. The van der Waals surface area contributed by atoms with Gasteiger partial charge in [-0.2, -0.15) is 5.10 Å². The average molecular weight is 1370 g/mol. The fourth-order valence-corrected chi connectivity index (χ4v) is 14.3. The zero-order valence-electron chi connectivity index (χ0n) is 59.2. The number of nitrogens with one attached hydrogen (secondary N) is 3. The van der Waals surface area contributed by atoms with Crippen molar-refractivity contribution in [3.05, 3.63) is 144 Å². The number of aryl methyl sites for hydroxylation is 1. The van der Waals surface area contributed by atoms with E-state index in [1.807, 2.05) is 121 Å². The van der Waals surface area contributed by atoms with Crippen LogP contribution in [0, 0.1) is 6.92 Å². The normalized spacial score (nSPS) is 20.7. The molecule has 0 bridgehead atoms. The molecule has 3 saturated carbocycles. The highest BCUT2D eigenvalue weighted by Crippen LogP contribution is 2.41. The van der Waals surface area contributed by atoms with Gasteiger partial charge in [-0.15, -0.1) is 15.3 Å². The first-order valence-electron chi connectivity index (χ1n) is 35.8. The van der Waals surface area contributed by atoms with Gasteiger partial charge in [0.25, 0.3) is 0 Å². The number of nitrogens with zero attached hydrogens (tertiary/aromatic N) is 15. The predicted molar refractivity (Wildman–Crippen MR) is 387 cm³/mol. The minimum atomic E-state index is -0.200. The molecule has 0 unspecified atom stereocenters. The van der Waals surface area contributed by atoms with Crippen LogP contribution in [0.15, 0.2) is 110 Å². The highest BCUT2D eigenvalue weighted by Gasteiger charge is 2.30. The van der Waals surface area contributed by atoms with Crippen LogP contribution in [0.4, 0.5) is 17.8 Å². The van der Waals surface area contributed by atoms with E-state index < -0.39 is 0 Å². The largest absolute Gasteiger partial charge is 0.393 e. The van der Waals surface area contributed by atoms with Crippen LogP contribution >= 0.6 is 0 Å². The number of ether oxygens (including phenoxy) is 4. The van der Waals surface area contributed by atoms with Crippen LogP contribution < -0.4 is 16.0 Å². The van der Waals surface area contributed by atoms with Gasteiger partial charge in [0.15, 0.2) is 0 Å². The molecule has 6 N–H and O–H groups in total. The maximum absolute atomic E-state index is 10.1. The molecule has 10 aromatic heterocycles. The van der Waals surface area contributed by atoms with Crippen molar-refractivity contribution in [3.8, 4) is 33.4 Å². The van der Waals surface area contributed by atoms with Crippen LogP contribution in [0.3, 0.4) is 0 Å². The number of hydrogen-bond donors (Lipinski definition) is 6. The van der Waals surface area contributed by atoms with Crippen LogP contribution in [0.2, 0.25) is 0 Å². The molecule has 100 heavy (non-hydrogen) atoms. The molecule has 1 saturated heterocycles. The Bertz CT molecular complexity index is 4220. The summed E-state index contributed by atoms with van der Waals surface area (Å²) in [5.41, 5.74) is 16.2. The first-order chi connectivity index (χ1) is 48.6. The van der Waals surface area contributed by atoms with Gasteiger partial charge in [0.1, 0.15) is 0 Å². The van der Waals surface area contributed by atoms with Crippen molar-refractivity contribution in [2.45, 2.75) is 192 Å². The molecule has 1 aliphatic heterocycles. The second kappa shape index (κ2) is 33.8. The number of aliphatic hydroxyl groups excluding tert-OH is 3. The Hall–Kier alpha value is -8.40. The Morgan fingerprint density at radius 3 is 1.45 bits per heavy atom. The monoisotopic (exact) mass is 1360 g/mol. The third kappa shape index (κ3) is 18.2. The van der Waals surface area contributed by atoms with Crippen molar-refractivity contribution in [2.75, 3.05) is 76.3 Å². The van der Waals surface area contributed by atoms with Crippen LogP contribution in [0.25, 0.3) is 49.9 Å². The number of aromatic nitrogens is 14. The van der Waals surface area contributed by atoms with Crippen molar-refractivity contribution < 1.29 is 34.3 Å². The number of morpholine rings is 1. The first kappa shape index (κ1) is 71.4. The lowest BCUT2D eigenvalue weighted by Crippen LogP contribution is -2.35. The number of hydrogen-bond acceptors (Lipinski definition) is 21. The average Bonchev–Trinajstić information content (AvgIpc) is 1.63. The second-order valence-electron chi connectivity index (χ2n) is 28.0. The summed E-state index contributed by atoms with van der Waals surface area (Å²) in [6.45, 7) is 19.0. The molecule has 0 radical (unpaired) electrons. The molecule has 25 heteroatoms. The van der Waals surface area contributed by atoms with Crippen molar-refractivity contribution in [1.29, 1.82) is 0 Å². The van der Waals surface area contributed by atoms with Gasteiger partial charge in [-0.25, -0.2) is 28.5 Å².